The first-order chi connectivity index (χ1) is 8.15. The van der Waals surface area contributed by atoms with Crippen LogP contribution >= 0.6 is 0 Å². The third-order valence-electron chi connectivity index (χ3n) is 1.87. The Balaban J connectivity index is 2.71. The van der Waals surface area contributed by atoms with Gasteiger partial charge in [0.05, 0.1) is 6.61 Å². The normalized spacial score (nSPS) is 10.8. The second-order valence-corrected chi connectivity index (χ2v) is 3.17. The van der Waals surface area contributed by atoms with Crippen LogP contribution < -0.4 is 21.5 Å². The molecule has 92 valence electrons. The molecule has 0 aromatic heterocycles. The van der Waals surface area contributed by atoms with Crippen LogP contribution in [0.15, 0.2) is 34.3 Å². The lowest BCUT2D eigenvalue weighted by molar-refractivity contribution is 0.340. The molecule has 5 N–H and O–H groups in total. The highest BCUT2D eigenvalue weighted by Gasteiger charge is 1.98. The molecule has 1 aromatic rings. The lowest BCUT2D eigenvalue weighted by atomic mass is 10.3. The summed E-state index contributed by atoms with van der Waals surface area (Å²) in [4.78, 5) is 7.74. The highest BCUT2D eigenvalue weighted by molar-refractivity contribution is 6.01. The predicted octanol–water partition coefficient (Wildman–Crippen LogP) is 0.756. The molecule has 0 amide bonds. The van der Waals surface area contributed by atoms with Gasteiger partial charge in [0, 0.05) is 12.7 Å². The van der Waals surface area contributed by atoms with Crippen molar-refractivity contribution in [2.24, 2.45) is 21.5 Å². The van der Waals surface area contributed by atoms with Crippen molar-refractivity contribution in [2.45, 2.75) is 6.92 Å². The van der Waals surface area contributed by atoms with Gasteiger partial charge in [-0.05, 0) is 31.2 Å². The minimum atomic E-state index is -0.0379. The largest absolute Gasteiger partial charge is 0.494 e. The first-order valence-electron chi connectivity index (χ1n) is 5.22. The predicted molar refractivity (Wildman–Crippen MR) is 70.4 cm³/mol. The van der Waals surface area contributed by atoms with Crippen LogP contribution in [0.4, 0.5) is 5.69 Å². The lowest BCUT2D eigenvalue weighted by Crippen LogP contribution is -2.26. The minimum absolute atomic E-state index is 0.0379. The van der Waals surface area contributed by atoms with Crippen LogP contribution in [0.5, 0.6) is 5.75 Å². The molecule has 0 bridgehead atoms. The fourth-order valence-corrected chi connectivity index (χ4v) is 1.19. The van der Waals surface area contributed by atoms with Crippen LogP contribution in [0.1, 0.15) is 6.92 Å². The Kier molecular flexibility index (Phi) is 4.80. The van der Waals surface area contributed by atoms with Gasteiger partial charge in [-0.2, -0.15) is 4.99 Å². The summed E-state index contributed by atoms with van der Waals surface area (Å²) < 4.78 is 5.33. The van der Waals surface area contributed by atoms with Crippen molar-refractivity contribution in [1.29, 1.82) is 0 Å². The smallest absolute Gasteiger partial charge is 0.225 e. The van der Waals surface area contributed by atoms with Gasteiger partial charge in [0.25, 0.3) is 0 Å². The van der Waals surface area contributed by atoms with Crippen LogP contribution in [0.25, 0.3) is 0 Å². The number of benzene rings is 1. The zero-order chi connectivity index (χ0) is 12.7. The van der Waals surface area contributed by atoms with Gasteiger partial charge in [0.2, 0.25) is 5.96 Å². The van der Waals surface area contributed by atoms with E-state index in [-0.39, 0.29) is 5.96 Å². The molecule has 0 fully saturated rings. The van der Waals surface area contributed by atoms with Crippen molar-refractivity contribution in [2.75, 3.05) is 19.0 Å². The summed E-state index contributed by atoms with van der Waals surface area (Å²) in [5.41, 5.74) is 11.4. The van der Waals surface area contributed by atoms with Crippen molar-refractivity contribution in [1.82, 2.24) is 0 Å². The maximum absolute atomic E-state index is 5.33. The molecule has 0 aliphatic heterocycles. The molecule has 0 aliphatic rings. The maximum Gasteiger partial charge on any atom is 0.225 e. The van der Waals surface area contributed by atoms with E-state index in [4.69, 9.17) is 16.2 Å². The first kappa shape index (κ1) is 12.8. The number of nitrogens with two attached hydrogens (primary N) is 2. The molecule has 1 rings (SSSR count). The van der Waals surface area contributed by atoms with E-state index in [0.717, 1.165) is 11.4 Å². The van der Waals surface area contributed by atoms with Gasteiger partial charge in [-0.3, -0.25) is 4.99 Å². The van der Waals surface area contributed by atoms with Crippen LogP contribution in [-0.2, 0) is 0 Å². The molecule has 0 unspecified atom stereocenters. The summed E-state index contributed by atoms with van der Waals surface area (Å²) in [6.45, 7) is 2.58. The Morgan fingerprint density at radius 3 is 2.41 bits per heavy atom. The molecular formula is C11H17N5O. The lowest BCUT2D eigenvalue weighted by Gasteiger charge is -2.07. The summed E-state index contributed by atoms with van der Waals surface area (Å²) in [6, 6.07) is 7.43. The Morgan fingerprint density at radius 2 is 1.94 bits per heavy atom. The van der Waals surface area contributed by atoms with Gasteiger partial charge in [0.15, 0.2) is 5.96 Å². The number of anilines is 1. The molecule has 6 nitrogen and oxygen atoms in total. The highest BCUT2D eigenvalue weighted by Crippen LogP contribution is 2.15. The molecule has 0 spiro atoms. The second kappa shape index (κ2) is 6.37. The number of nitrogens with one attached hydrogen (secondary N) is 1. The van der Waals surface area contributed by atoms with E-state index < -0.39 is 0 Å². The van der Waals surface area contributed by atoms with Gasteiger partial charge in [-0.25, -0.2) is 0 Å². The third-order valence-corrected chi connectivity index (χ3v) is 1.87. The van der Waals surface area contributed by atoms with Gasteiger partial charge in [0.1, 0.15) is 5.75 Å². The number of guanidine groups is 2. The SMILES string of the molecule is CCOc1ccc(NC(N=C(N)N)=NC)cc1. The van der Waals surface area contributed by atoms with Crippen LogP contribution in [0.2, 0.25) is 0 Å². The van der Waals surface area contributed by atoms with Crippen molar-refractivity contribution < 1.29 is 4.74 Å². The minimum Gasteiger partial charge on any atom is -0.494 e. The average molecular weight is 235 g/mol. The Morgan fingerprint density at radius 1 is 1.29 bits per heavy atom. The van der Waals surface area contributed by atoms with Gasteiger partial charge in [-0.15, -0.1) is 0 Å². The summed E-state index contributed by atoms with van der Waals surface area (Å²) in [7, 11) is 1.60. The van der Waals surface area contributed by atoms with E-state index in [2.05, 4.69) is 15.3 Å². The van der Waals surface area contributed by atoms with Gasteiger partial charge in [-0.1, -0.05) is 0 Å². The Bertz CT molecular complexity index is 406. The summed E-state index contributed by atoms with van der Waals surface area (Å²) in [6.07, 6.45) is 0. The number of ether oxygens (including phenoxy) is 1. The zero-order valence-electron chi connectivity index (χ0n) is 9.97. The molecule has 1 aromatic carbocycles. The highest BCUT2D eigenvalue weighted by atomic mass is 16.5. The van der Waals surface area contributed by atoms with Crippen LogP contribution in [0.3, 0.4) is 0 Å². The number of hydrogen-bond donors (Lipinski definition) is 3. The van der Waals surface area contributed by atoms with E-state index in [1.54, 1.807) is 7.05 Å². The number of hydrogen-bond acceptors (Lipinski definition) is 2. The maximum atomic E-state index is 5.33. The molecule has 0 saturated heterocycles. The molecule has 0 atom stereocenters. The Hall–Kier alpha value is -2.24. The molecule has 0 heterocycles. The molecule has 17 heavy (non-hydrogen) atoms. The topological polar surface area (TPSA) is 98.0 Å². The molecule has 0 aliphatic carbocycles. The number of aliphatic imine (C=N–C) groups is 2. The van der Waals surface area contributed by atoms with Crippen molar-refractivity contribution in [3.63, 3.8) is 0 Å². The van der Waals surface area contributed by atoms with Crippen molar-refractivity contribution >= 4 is 17.6 Å². The monoisotopic (exact) mass is 235 g/mol. The number of rotatable bonds is 3. The van der Waals surface area contributed by atoms with E-state index in [9.17, 15) is 0 Å². The van der Waals surface area contributed by atoms with Crippen molar-refractivity contribution in [3.05, 3.63) is 24.3 Å². The fraction of sp³-hybridized carbons (Fsp3) is 0.273. The second-order valence-electron chi connectivity index (χ2n) is 3.17. The van der Waals surface area contributed by atoms with E-state index >= 15 is 0 Å². The van der Waals surface area contributed by atoms with Crippen molar-refractivity contribution in [3.8, 4) is 5.75 Å². The fourth-order valence-electron chi connectivity index (χ4n) is 1.19. The molecule has 0 saturated carbocycles. The summed E-state index contributed by atoms with van der Waals surface area (Å²) in [5, 5.41) is 2.98. The van der Waals surface area contributed by atoms with E-state index in [1.165, 1.54) is 0 Å². The third kappa shape index (κ3) is 4.42. The number of nitrogens with zero attached hydrogens (tertiary/aromatic N) is 2. The quantitative estimate of drug-likeness (QED) is 0.532. The first-order valence-corrected chi connectivity index (χ1v) is 5.22. The summed E-state index contributed by atoms with van der Waals surface area (Å²) >= 11 is 0. The van der Waals surface area contributed by atoms with Gasteiger partial charge < -0.3 is 21.5 Å². The molecule has 0 radical (unpaired) electrons. The van der Waals surface area contributed by atoms with E-state index in [1.807, 2.05) is 31.2 Å². The summed E-state index contributed by atoms with van der Waals surface area (Å²) in [5.74, 6) is 1.13. The Labute approximate surface area is 100 Å². The standard InChI is InChI=1S/C11H17N5O/c1-3-17-9-6-4-8(5-7-9)15-11(14-2)16-10(12)13/h4-7H,3H2,1-2H3,(H5,12,13,14,15,16). The van der Waals surface area contributed by atoms with Crippen LogP contribution in [-0.4, -0.2) is 25.6 Å². The van der Waals surface area contributed by atoms with E-state index in [0.29, 0.717) is 12.6 Å². The average Bonchev–Trinajstić information content (AvgIpc) is 2.30. The zero-order valence-corrected chi connectivity index (χ0v) is 9.97. The molecular weight excluding hydrogens is 218 g/mol. The van der Waals surface area contributed by atoms with Crippen LogP contribution in [0, 0.1) is 0 Å². The van der Waals surface area contributed by atoms with Gasteiger partial charge >= 0.3 is 0 Å². The molecule has 6 heteroatoms.